The van der Waals surface area contributed by atoms with Crippen LogP contribution < -0.4 is 10.2 Å². The molecule has 0 bridgehead atoms. The van der Waals surface area contributed by atoms with Crippen molar-refractivity contribution in [1.29, 1.82) is 0 Å². The molecule has 9 nitrogen and oxygen atoms in total. The lowest BCUT2D eigenvalue weighted by molar-refractivity contribution is 0.0369. The molecule has 2 aromatic carbocycles. The fourth-order valence-electron chi connectivity index (χ4n) is 4.92. The number of benzene rings is 2. The van der Waals surface area contributed by atoms with E-state index < -0.39 is 0 Å². The number of morpholine rings is 2. The Kier molecular flexibility index (Phi) is 7.69. The van der Waals surface area contributed by atoms with Crippen LogP contribution in [0.1, 0.15) is 6.42 Å². The Morgan fingerprint density at radius 1 is 0.842 bits per heavy atom. The minimum Gasteiger partial charge on any atom is -0.379 e. The van der Waals surface area contributed by atoms with Gasteiger partial charge >= 0.3 is 0 Å². The van der Waals surface area contributed by atoms with Crippen LogP contribution in [0, 0.1) is 0 Å². The zero-order valence-electron chi connectivity index (χ0n) is 21.4. The number of rotatable bonds is 8. The first-order chi connectivity index (χ1) is 18.7. The fraction of sp³-hybridized carbons (Fsp3) is 0.393. The molecule has 4 aromatic rings. The van der Waals surface area contributed by atoms with E-state index in [-0.39, 0.29) is 0 Å². The van der Waals surface area contributed by atoms with Crippen molar-refractivity contribution in [3.63, 3.8) is 0 Å². The highest BCUT2D eigenvalue weighted by Gasteiger charge is 2.17. The topological polar surface area (TPSA) is 80.6 Å². The van der Waals surface area contributed by atoms with Crippen LogP contribution in [0.15, 0.2) is 54.9 Å². The van der Waals surface area contributed by atoms with Crippen LogP contribution in [0.2, 0.25) is 5.02 Å². The van der Waals surface area contributed by atoms with Crippen LogP contribution in [0.4, 0.5) is 17.5 Å². The number of fused-ring (bicyclic) bond motifs is 1. The molecule has 1 N–H and O–H groups in total. The van der Waals surface area contributed by atoms with E-state index in [0.717, 1.165) is 92.7 Å². The quantitative estimate of drug-likeness (QED) is 0.356. The first-order valence-electron chi connectivity index (χ1n) is 13.2. The number of hydrogen-bond donors (Lipinski definition) is 1. The molecule has 38 heavy (non-hydrogen) atoms. The van der Waals surface area contributed by atoms with Crippen LogP contribution in [0.3, 0.4) is 0 Å². The summed E-state index contributed by atoms with van der Waals surface area (Å²) in [5.41, 5.74) is 4.87. The lowest BCUT2D eigenvalue weighted by Gasteiger charge is -2.27. The Morgan fingerprint density at radius 3 is 2.39 bits per heavy atom. The van der Waals surface area contributed by atoms with Gasteiger partial charge in [-0.2, -0.15) is 4.98 Å². The number of aromatic nitrogens is 4. The summed E-state index contributed by atoms with van der Waals surface area (Å²) in [5, 5.41) is 4.11. The first-order valence-corrected chi connectivity index (χ1v) is 13.6. The lowest BCUT2D eigenvalue weighted by Crippen LogP contribution is -2.37. The van der Waals surface area contributed by atoms with Gasteiger partial charge < -0.3 is 24.3 Å². The molecule has 0 radical (unpaired) electrons. The van der Waals surface area contributed by atoms with Crippen molar-refractivity contribution in [3.05, 3.63) is 59.9 Å². The van der Waals surface area contributed by atoms with Gasteiger partial charge in [0.2, 0.25) is 5.95 Å². The lowest BCUT2D eigenvalue weighted by atomic mass is 10.1. The molecule has 2 fully saturated rings. The number of halogens is 1. The largest absolute Gasteiger partial charge is 0.379 e. The van der Waals surface area contributed by atoms with Gasteiger partial charge in [-0.05, 0) is 42.8 Å². The van der Waals surface area contributed by atoms with E-state index in [1.165, 1.54) is 0 Å². The third-order valence-electron chi connectivity index (χ3n) is 7.02. The summed E-state index contributed by atoms with van der Waals surface area (Å²) in [6.45, 7) is 8.60. The second kappa shape index (κ2) is 11.7. The Bertz CT molecular complexity index is 1370. The minimum atomic E-state index is 0.669. The third kappa shape index (κ3) is 5.91. The average Bonchev–Trinajstić information content (AvgIpc) is 3.37. The average molecular weight is 534 g/mol. The van der Waals surface area contributed by atoms with Crippen LogP contribution in [-0.4, -0.2) is 83.6 Å². The Hall–Kier alpha value is -3.24. The third-order valence-corrected chi connectivity index (χ3v) is 7.27. The molecule has 0 saturated carbocycles. The Morgan fingerprint density at radius 2 is 1.61 bits per heavy atom. The molecule has 0 unspecified atom stereocenters. The van der Waals surface area contributed by atoms with E-state index in [1.807, 2.05) is 36.7 Å². The van der Waals surface area contributed by atoms with Gasteiger partial charge in [-0.1, -0.05) is 17.7 Å². The van der Waals surface area contributed by atoms with Crippen molar-refractivity contribution in [2.45, 2.75) is 13.0 Å². The van der Waals surface area contributed by atoms with Crippen molar-refractivity contribution >= 4 is 40.1 Å². The van der Waals surface area contributed by atoms with Gasteiger partial charge in [0, 0.05) is 61.6 Å². The molecule has 4 heterocycles. The van der Waals surface area contributed by atoms with Gasteiger partial charge in [0.25, 0.3) is 0 Å². The van der Waals surface area contributed by atoms with E-state index in [9.17, 15) is 0 Å². The SMILES string of the molecule is Clc1ccc(Nc2cc(-c3ccc4c(c3)ncn4CCCN3CCOCC3)nc(N3CCOCC3)n2)cc1. The normalized spacial score (nSPS) is 16.7. The molecular formula is C28H32ClN7O2. The molecule has 0 amide bonds. The maximum atomic E-state index is 6.07. The second-order valence-electron chi connectivity index (χ2n) is 9.62. The van der Waals surface area contributed by atoms with Crippen LogP contribution >= 0.6 is 11.6 Å². The van der Waals surface area contributed by atoms with E-state index in [0.29, 0.717) is 24.2 Å². The summed E-state index contributed by atoms with van der Waals surface area (Å²) in [5.74, 6) is 1.42. The highest BCUT2D eigenvalue weighted by molar-refractivity contribution is 6.30. The Balaban J connectivity index is 1.24. The van der Waals surface area contributed by atoms with Crippen molar-refractivity contribution in [3.8, 4) is 11.3 Å². The first kappa shape index (κ1) is 25.1. The number of nitrogens with zero attached hydrogens (tertiary/aromatic N) is 6. The van der Waals surface area contributed by atoms with Crippen LogP contribution in [0.25, 0.3) is 22.3 Å². The van der Waals surface area contributed by atoms with Crippen molar-refractivity contribution in [2.24, 2.45) is 0 Å². The van der Waals surface area contributed by atoms with Crippen molar-refractivity contribution in [2.75, 3.05) is 69.4 Å². The second-order valence-corrected chi connectivity index (χ2v) is 10.1. The summed E-state index contributed by atoms with van der Waals surface area (Å²) in [4.78, 5) is 19.1. The number of anilines is 3. The zero-order valence-corrected chi connectivity index (χ0v) is 22.1. The number of hydrogen-bond acceptors (Lipinski definition) is 8. The standard InChI is InChI=1S/C28H32ClN7O2/c29-22-3-5-23(6-4-22)31-27-19-24(32-28(33-27)35-12-16-38-17-13-35)21-2-7-26-25(18-21)30-20-36(26)9-1-8-34-10-14-37-15-11-34/h2-7,18-20H,1,8-17H2,(H,31,32,33). The predicted molar refractivity (Wildman–Crippen MR) is 150 cm³/mol. The van der Waals surface area contributed by atoms with Gasteiger partial charge in [-0.15, -0.1) is 0 Å². The molecule has 10 heteroatoms. The molecule has 2 aliphatic rings. The van der Waals surface area contributed by atoms with Gasteiger partial charge in [0.05, 0.1) is 49.5 Å². The van der Waals surface area contributed by atoms with Crippen LogP contribution in [-0.2, 0) is 16.0 Å². The number of imidazole rings is 1. The molecule has 198 valence electrons. The molecular weight excluding hydrogens is 502 g/mol. The van der Waals surface area contributed by atoms with Gasteiger partial charge in [0.1, 0.15) is 5.82 Å². The maximum Gasteiger partial charge on any atom is 0.228 e. The van der Waals surface area contributed by atoms with Gasteiger partial charge in [-0.25, -0.2) is 9.97 Å². The highest BCUT2D eigenvalue weighted by Crippen LogP contribution is 2.28. The minimum absolute atomic E-state index is 0.669. The summed E-state index contributed by atoms with van der Waals surface area (Å²) < 4.78 is 13.2. The summed E-state index contributed by atoms with van der Waals surface area (Å²) >= 11 is 6.07. The molecule has 2 aromatic heterocycles. The summed E-state index contributed by atoms with van der Waals surface area (Å²) in [6, 6.07) is 16.0. The summed E-state index contributed by atoms with van der Waals surface area (Å²) in [6.07, 6.45) is 3.03. The van der Waals surface area contributed by atoms with E-state index in [4.69, 9.17) is 36.0 Å². The van der Waals surface area contributed by atoms with Crippen molar-refractivity contribution in [1.82, 2.24) is 24.4 Å². The molecule has 6 rings (SSSR count). The molecule has 0 atom stereocenters. The van der Waals surface area contributed by atoms with Gasteiger partial charge in [0.15, 0.2) is 0 Å². The van der Waals surface area contributed by atoms with E-state index in [2.05, 4.69) is 37.9 Å². The molecule has 2 aliphatic heterocycles. The number of aryl methyl sites for hydroxylation is 1. The number of nitrogens with one attached hydrogen (secondary N) is 1. The smallest absolute Gasteiger partial charge is 0.228 e. The fourth-order valence-corrected chi connectivity index (χ4v) is 5.05. The Labute approximate surface area is 227 Å². The van der Waals surface area contributed by atoms with Gasteiger partial charge in [-0.3, -0.25) is 4.90 Å². The maximum absolute atomic E-state index is 6.07. The number of ether oxygens (including phenoxy) is 2. The zero-order chi connectivity index (χ0) is 25.7. The predicted octanol–water partition coefficient (Wildman–Crippen LogP) is 4.45. The molecule has 0 spiro atoms. The highest BCUT2D eigenvalue weighted by atomic mass is 35.5. The summed E-state index contributed by atoms with van der Waals surface area (Å²) in [7, 11) is 0. The van der Waals surface area contributed by atoms with Crippen LogP contribution in [0.5, 0.6) is 0 Å². The van der Waals surface area contributed by atoms with Crippen molar-refractivity contribution < 1.29 is 9.47 Å². The molecule has 0 aliphatic carbocycles. The van der Waals surface area contributed by atoms with E-state index in [1.54, 1.807) is 0 Å². The monoisotopic (exact) mass is 533 g/mol. The van der Waals surface area contributed by atoms with E-state index >= 15 is 0 Å². The molecule has 2 saturated heterocycles.